The third kappa shape index (κ3) is 14.1. The molecular formula is C54H74N10O16S2. The lowest BCUT2D eigenvalue weighted by molar-refractivity contribution is -0.791. The third-order valence-electron chi connectivity index (χ3n) is 14.7. The lowest BCUT2D eigenvalue weighted by Crippen LogP contribution is -2.43. The second kappa shape index (κ2) is 27.9. The van der Waals surface area contributed by atoms with E-state index in [9.17, 15) is 56.9 Å². The van der Waals surface area contributed by atoms with Gasteiger partial charge in [0.15, 0.2) is 0 Å². The zero-order chi connectivity index (χ0) is 59.5. The largest absolute Gasteiger partial charge is 0.493 e. The van der Waals surface area contributed by atoms with Crippen molar-refractivity contribution >= 4 is 42.1 Å². The van der Waals surface area contributed by atoms with Crippen LogP contribution in [0, 0.1) is 32.1 Å². The molecule has 448 valence electrons. The number of sulfonamides is 2. The molecule has 28 heteroatoms. The highest BCUT2D eigenvalue weighted by Gasteiger charge is 2.36. The molecule has 0 bridgehead atoms. The van der Waals surface area contributed by atoms with Crippen LogP contribution in [0.3, 0.4) is 0 Å². The quantitative estimate of drug-likeness (QED) is 0.0344. The number of aryl methyl sites for hydroxylation is 4. The molecule has 2 fully saturated rings. The molecule has 0 radical (unpaired) electrons. The summed E-state index contributed by atoms with van der Waals surface area (Å²) in [5, 5.41) is 38.6. The molecule has 0 unspecified atom stereocenters. The van der Waals surface area contributed by atoms with E-state index in [0.29, 0.717) is 96.7 Å². The minimum absolute atomic E-state index is 0.00158. The van der Waals surface area contributed by atoms with Crippen LogP contribution in [-0.2, 0) is 55.7 Å². The summed E-state index contributed by atoms with van der Waals surface area (Å²) in [6, 6.07) is 9.05. The number of aliphatic hydroxyl groups is 2. The molecule has 82 heavy (non-hydrogen) atoms. The lowest BCUT2D eigenvalue weighted by Gasteiger charge is -2.34. The van der Waals surface area contributed by atoms with Crippen molar-refractivity contribution in [3.8, 4) is 34.3 Å². The summed E-state index contributed by atoms with van der Waals surface area (Å²) in [5.41, 5.74) is 4.12. The van der Waals surface area contributed by atoms with E-state index in [4.69, 9.17) is 19.4 Å². The number of fused-ring (bicyclic) bond motifs is 2. The molecular weight excluding hydrogens is 1110 g/mol. The summed E-state index contributed by atoms with van der Waals surface area (Å²) in [6.07, 6.45) is 7.76. The Balaban J connectivity index is 0.000000239. The number of aromatic amines is 2. The molecule has 6 aromatic rings. The van der Waals surface area contributed by atoms with Crippen molar-refractivity contribution in [3.63, 3.8) is 0 Å². The molecule has 8 rings (SSSR count). The van der Waals surface area contributed by atoms with E-state index in [0.717, 1.165) is 36.8 Å². The van der Waals surface area contributed by atoms with Gasteiger partial charge in [-0.05, 0) is 125 Å². The van der Waals surface area contributed by atoms with Gasteiger partial charge in [-0.15, -0.1) is 20.2 Å². The van der Waals surface area contributed by atoms with Gasteiger partial charge in [0.25, 0.3) is 21.3 Å². The molecule has 2 aromatic carbocycles. The van der Waals surface area contributed by atoms with Gasteiger partial charge in [-0.2, -0.15) is 8.61 Å². The Morgan fingerprint density at radius 1 is 0.659 bits per heavy atom. The van der Waals surface area contributed by atoms with Gasteiger partial charge >= 0.3 is 0 Å². The van der Waals surface area contributed by atoms with Crippen molar-refractivity contribution < 1.29 is 56.4 Å². The predicted molar refractivity (Wildman–Crippen MR) is 303 cm³/mol. The third-order valence-corrected chi connectivity index (χ3v) is 18.5. The Morgan fingerprint density at radius 3 is 1.45 bits per heavy atom. The highest BCUT2D eigenvalue weighted by Crippen LogP contribution is 2.36. The van der Waals surface area contributed by atoms with Crippen LogP contribution in [0.1, 0.15) is 104 Å². The first-order chi connectivity index (χ1) is 39.2. The van der Waals surface area contributed by atoms with Crippen LogP contribution < -0.4 is 20.6 Å². The average Bonchev–Trinajstić information content (AvgIpc) is 3.66. The molecule has 2 aliphatic heterocycles. The van der Waals surface area contributed by atoms with Crippen LogP contribution in [-0.4, -0.2) is 140 Å². The second-order valence-electron chi connectivity index (χ2n) is 20.2. The molecule has 0 saturated carbocycles. The fourth-order valence-corrected chi connectivity index (χ4v) is 13.5. The number of nitrogens with one attached hydrogen (secondary N) is 2. The molecule has 0 aliphatic carbocycles. The number of rotatable bonds is 26. The van der Waals surface area contributed by atoms with Crippen LogP contribution in [0.4, 0.5) is 0 Å². The Morgan fingerprint density at radius 2 is 1.09 bits per heavy atom. The van der Waals surface area contributed by atoms with Crippen LogP contribution >= 0.6 is 0 Å². The van der Waals surface area contributed by atoms with E-state index in [1.165, 1.54) is 38.9 Å². The molecule has 2 aliphatic rings. The van der Waals surface area contributed by atoms with Crippen molar-refractivity contribution in [3.05, 3.63) is 101 Å². The molecule has 26 nitrogen and oxygen atoms in total. The predicted octanol–water partition coefficient (Wildman–Crippen LogP) is 6.25. The van der Waals surface area contributed by atoms with Crippen molar-refractivity contribution in [1.29, 1.82) is 0 Å². The van der Waals surface area contributed by atoms with Crippen molar-refractivity contribution in [2.75, 3.05) is 52.6 Å². The molecule has 6 heterocycles. The van der Waals surface area contributed by atoms with Gasteiger partial charge in [0.1, 0.15) is 46.9 Å². The molecule has 4 N–H and O–H groups in total. The minimum atomic E-state index is -4.06. The molecule has 0 amide bonds. The maximum atomic E-state index is 13.8. The van der Waals surface area contributed by atoms with Crippen LogP contribution in [0.5, 0.6) is 11.5 Å². The smallest absolute Gasteiger partial charge is 0.294 e. The summed E-state index contributed by atoms with van der Waals surface area (Å²) >= 11 is 0. The lowest BCUT2D eigenvalue weighted by atomic mass is 9.92. The first-order valence-electron chi connectivity index (χ1n) is 27.9. The highest BCUT2D eigenvalue weighted by atomic mass is 32.2. The van der Waals surface area contributed by atoms with Gasteiger partial charge in [0, 0.05) is 51.7 Å². The number of hydrogen-bond donors (Lipinski definition) is 4. The Kier molecular flexibility index (Phi) is 21.3. The fraction of sp³-hybridized carbons (Fsp3) is 0.556. The van der Waals surface area contributed by atoms with Crippen molar-refractivity contribution in [2.45, 2.75) is 141 Å². The van der Waals surface area contributed by atoms with Crippen molar-refractivity contribution in [2.24, 2.45) is 11.8 Å². The van der Waals surface area contributed by atoms with Gasteiger partial charge in [-0.3, -0.25) is 9.59 Å². The van der Waals surface area contributed by atoms with Crippen molar-refractivity contribution in [1.82, 2.24) is 37.7 Å². The molecule has 2 atom stereocenters. The zero-order valence-electron chi connectivity index (χ0n) is 47.1. The monoisotopic (exact) mass is 1180 g/mol. The normalized spacial score (nSPS) is 15.7. The molecule has 4 aromatic heterocycles. The van der Waals surface area contributed by atoms with Gasteiger partial charge < -0.3 is 48.5 Å². The van der Waals surface area contributed by atoms with Gasteiger partial charge in [-0.25, -0.2) is 26.8 Å². The Labute approximate surface area is 474 Å². The van der Waals surface area contributed by atoms with E-state index in [-0.39, 0.29) is 84.1 Å². The summed E-state index contributed by atoms with van der Waals surface area (Å²) < 4.78 is 72.9. The van der Waals surface area contributed by atoms with E-state index >= 15 is 0 Å². The summed E-state index contributed by atoms with van der Waals surface area (Å²) in [4.78, 5) is 72.2. The number of nitrogens with zero attached hydrogens (tertiary/aromatic N) is 8. The van der Waals surface area contributed by atoms with Gasteiger partial charge in [0.05, 0.1) is 57.9 Å². The summed E-state index contributed by atoms with van der Waals surface area (Å²) in [7, 11) is -7.90. The van der Waals surface area contributed by atoms with E-state index < -0.39 is 55.0 Å². The minimum Gasteiger partial charge on any atom is -0.493 e. The molecule has 2 saturated heterocycles. The van der Waals surface area contributed by atoms with E-state index in [2.05, 4.69) is 26.6 Å². The number of benzene rings is 2. The number of aliphatic hydroxyl groups excluding tert-OH is 2. The van der Waals surface area contributed by atoms with Gasteiger partial charge in [0.2, 0.25) is 20.0 Å². The summed E-state index contributed by atoms with van der Waals surface area (Å²) in [5.74, 6) is 0.582. The number of hydrogen-bond acceptors (Lipinski definition) is 18. The van der Waals surface area contributed by atoms with Gasteiger partial charge in [-0.1, -0.05) is 40.5 Å². The van der Waals surface area contributed by atoms with Crippen LogP contribution in [0.2, 0.25) is 0 Å². The second-order valence-corrected chi connectivity index (χ2v) is 24.1. The zero-order valence-corrected chi connectivity index (χ0v) is 48.7. The maximum Gasteiger partial charge on any atom is 0.294 e. The average molecular weight is 1180 g/mol. The molecule has 0 spiro atoms. The number of ether oxygens (including phenoxy) is 2. The highest BCUT2D eigenvalue weighted by molar-refractivity contribution is 7.89. The Hall–Kier alpha value is -6.98. The Bertz CT molecular complexity index is 3550. The summed E-state index contributed by atoms with van der Waals surface area (Å²) in [6.45, 7) is 13.4. The standard InChI is InChI=1S/C27H36N6O10S.C27H38N4O6S/c1-4-7-19-16-30(6-3)25-24(19)28-26(29-27(25)34)21-15-20(8-9-22(21)41-14-5-2)44(39,40)31-12-10-18(11-13-31)23(43-33(37)38)17-42-32(35)36;1-4-7-19-16-30(6-3)25-24(19)28-26(29-27(25)34)21-15-20(8-9-23(21)37-14-5-2)38(35,36)31-12-10-18(11-13-31)22(33)17-32/h8-9,15-16,18,23H,4-7,10-14,17H2,1-3H3,(H,28,29,34);8-9,15-16,18,22,32-33H,4-7,10-14,17H2,1-3H3,(H,28,29,34)/t23-;22-/m11/s1. The SMILES string of the molecule is CCCOc1ccc(S(=O)(=O)N2CCC([C@@H](CO[N+](=O)[O-])O[N+](=O)[O-])CC2)cc1-c1nc2c(CCC)cn(CC)c2c(=O)[nH]1.CCCOc1ccc(S(=O)(=O)N2CCC([C@H](O)CO)CC2)cc1-c1nc2c(CCC)cn(CC)c2c(=O)[nH]1. The number of aromatic nitrogens is 6. The van der Waals surface area contributed by atoms with Crippen LogP contribution in [0.15, 0.2) is 68.2 Å². The first-order valence-corrected chi connectivity index (χ1v) is 30.8. The van der Waals surface area contributed by atoms with E-state index in [1.54, 1.807) is 6.07 Å². The number of H-pyrrole nitrogens is 2. The first kappa shape index (κ1) is 62.6. The topological polar surface area (TPSA) is 340 Å². The van der Waals surface area contributed by atoms with E-state index in [1.807, 2.05) is 56.1 Å². The van der Waals surface area contributed by atoms with Crippen LogP contribution in [0.25, 0.3) is 44.8 Å². The fourth-order valence-electron chi connectivity index (χ4n) is 10.5. The number of piperidine rings is 2. The maximum absolute atomic E-state index is 13.8.